The lowest BCUT2D eigenvalue weighted by Crippen LogP contribution is -2.20. The summed E-state index contributed by atoms with van der Waals surface area (Å²) in [4.78, 5) is 0. The number of benzene rings is 2. The van der Waals surface area contributed by atoms with Gasteiger partial charge in [0.25, 0.3) is 0 Å². The quantitative estimate of drug-likeness (QED) is 0.560. The lowest BCUT2D eigenvalue weighted by atomic mass is 10.2. The zero-order chi connectivity index (χ0) is 20.3. The Morgan fingerprint density at radius 3 is 2.71 bits per heavy atom. The van der Waals surface area contributed by atoms with Crippen molar-refractivity contribution < 1.29 is 9.13 Å². The fraction of sp³-hybridized carbons (Fsp3) is 0.200. The van der Waals surface area contributed by atoms with Crippen LogP contribution in [0.25, 0.3) is 0 Å². The molecule has 1 aromatic heterocycles. The van der Waals surface area contributed by atoms with Gasteiger partial charge in [0.15, 0.2) is 5.11 Å². The fourth-order valence-corrected chi connectivity index (χ4v) is 3.23. The molecule has 2 aromatic carbocycles. The molecule has 0 amide bonds. The lowest BCUT2D eigenvalue weighted by Gasteiger charge is -2.12. The van der Waals surface area contributed by atoms with Gasteiger partial charge < -0.3 is 15.4 Å². The highest BCUT2D eigenvalue weighted by atomic mass is 35.5. The number of hydrogen-bond donors (Lipinski definition) is 2. The largest absolute Gasteiger partial charge is 0.497 e. The van der Waals surface area contributed by atoms with Crippen LogP contribution in [0.2, 0.25) is 5.02 Å². The van der Waals surface area contributed by atoms with Crippen LogP contribution in [0.1, 0.15) is 17.0 Å². The molecule has 146 valence electrons. The smallest absolute Gasteiger partial charge is 0.175 e. The number of halogens is 2. The molecule has 0 saturated heterocycles. The SMILES string of the molecule is COc1cccc(Cn2nc(C)c(NC(=S)Nc3ccc(F)c(Cl)c3)c2C)c1. The molecule has 5 nitrogen and oxygen atoms in total. The van der Waals surface area contributed by atoms with Crippen molar-refractivity contribution in [1.29, 1.82) is 0 Å². The minimum atomic E-state index is -0.475. The van der Waals surface area contributed by atoms with Crippen LogP contribution in [0.3, 0.4) is 0 Å². The second-order valence-electron chi connectivity index (χ2n) is 6.26. The van der Waals surface area contributed by atoms with E-state index >= 15 is 0 Å². The Balaban J connectivity index is 1.73. The van der Waals surface area contributed by atoms with E-state index in [4.69, 9.17) is 28.6 Å². The highest BCUT2D eigenvalue weighted by molar-refractivity contribution is 7.80. The molecule has 0 unspecified atom stereocenters. The van der Waals surface area contributed by atoms with Crippen molar-refractivity contribution in [3.63, 3.8) is 0 Å². The lowest BCUT2D eigenvalue weighted by molar-refractivity contribution is 0.414. The number of hydrogen-bond acceptors (Lipinski definition) is 3. The molecular formula is C20H20ClFN4OS. The van der Waals surface area contributed by atoms with Gasteiger partial charge in [0, 0.05) is 5.69 Å². The molecule has 2 N–H and O–H groups in total. The van der Waals surface area contributed by atoms with E-state index in [2.05, 4.69) is 15.7 Å². The van der Waals surface area contributed by atoms with Crippen LogP contribution in [-0.4, -0.2) is 22.0 Å². The predicted molar refractivity (Wildman–Crippen MR) is 115 cm³/mol. The standard InChI is InChI=1S/C20H20ClFN4OS/c1-12-19(24-20(28)23-15-7-8-18(22)17(21)10-15)13(2)26(25-12)11-14-5-4-6-16(9-14)27-3/h4-10H,11H2,1-3H3,(H2,23,24,28). The van der Waals surface area contributed by atoms with E-state index < -0.39 is 5.82 Å². The van der Waals surface area contributed by atoms with Gasteiger partial charge in [0.1, 0.15) is 11.6 Å². The average molecular weight is 419 g/mol. The number of rotatable bonds is 5. The third kappa shape index (κ3) is 4.61. The Bertz CT molecular complexity index is 1020. The summed E-state index contributed by atoms with van der Waals surface area (Å²) < 4.78 is 20.5. The predicted octanol–water partition coefficient (Wildman–Crippen LogP) is 5.16. The van der Waals surface area contributed by atoms with Crippen molar-refractivity contribution in [3.8, 4) is 5.75 Å². The second kappa shape index (κ2) is 8.58. The summed E-state index contributed by atoms with van der Waals surface area (Å²) in [5.74, 6) is 0.331. The second-order valence-corrected chi connectivity index (χ2v) is 7.08. The van der Waals surface area contributed by atoms with E-state index in [1.165, 1.54) is 12.1 Å². The van der Waals surface area contributed by atoms with Crippen LogP contribution in [0.15, 0.2) is 42.5 Å². The molecular weight excluding hydrogens is 399 g/mol. The first-order valence-corrected chi connectivity index (χ1v) is 9.36. The van der Waals surface area contributed by atoms with E-state index in [1.807, 2.05) is 42.8 Å². The maximum absolute atomic E-state index is 13.3. The summed E-state index contributed by atoms with van der Waals surface area (Å²) in [5, 5.41) is 11.2. The molecule has 0 aliphatic rings. The molecule has 0 atom stereocenters. The van der Waals surface area contributed by atoms with Crippen LogP contribution in [0.4, 0.5) is 15.8 Å². The number of thiocarbonyl (C=S) groups is 1. The monoisotopic (exact) mass is 418 g/mol. The van der Waals surface area contributed by atoms with Gasteiger partial charge in [0.2, 0.25) is 0 Å². The van der Waals surface area contributed by atoms with Crippen LogP contribution in [0.5, 0.6) is 5.75 Å². The maximum atomic E-state index is 13.3. The van der Waals surface area contributed by atoms with Crippen molar-refractivity contribution in [2.24, 2.45) is 0 Å². The Kier molecular flexibility index (Phi) is 6.16. The number of ether oxygens (including phenoxy) is 1. The molecule has 0 saturated carbocycles. The Labute approximate surface area is 173 Å². The third-order valence-corrected chi connectivity index (χ3v) is 4.76. The molecule has 0 radical (unpaired) electrons. The van der Waals surface area contributed by atoms with Crippen molar-refractivity contribution >= 4 is 40.3 Å². The minimum Gasteiger partial charge on any atom is -0.497 e. The van der Waals surface area contributed by atoms with Gasteiger partial charge in [-0.05, 0) is 62.0 Å². The summed E-state index contributed by atoms with van der Waals surface area (Å²) in [7, 11) is 1.65. The third-order valence-electron chi connectivity index (χ3n) is 4.26. The fourth-order valence-electron chi connectivity index (χ4n) is 2.83. The number of anilines is 2. The summed E-state index contributed by atoms with van der Waals surface area (Å²) in [5.41, 5.74) is 4.28. The van der Waals surface area contributed by atoms with E-state index in [0.29, 0.717) is 17.3 Å². The van der Waals surface area contributed by atoms with Crippen LogP contribution < -0.4 is 15.4 Å². The van der Waals surface area contributed by atoms with Gasteiger partial charge in [-0.3, -0.25) is 4.68 Å². The molecule has 3 rings (SSSR count). The Morgan fingerprint density at radius 2 is 2.00 bits per heavy atom. The zero-order valence-corrected chi connectivity index (χ0v) is 17.3. The molecule has 28 heavy (non-hydrogen) atoms. The molecule has 0 fully saturated rings. The summed E-state index contributed by atoms with van der Waals surface area (Å²) >= 11 is 11.2. The van der Waals surface area contributed by atoms with Gasteiger partial charge >= 0.3 is 0 Å². The van der Waals surface area contributed by atoms with Gasteiger partial charge in [0.05, 0.1) is 35.8 Å². The molecule has 1 heterocycles. The van der Waals surface area contributed by atoms with E-state index in [1.54, 1.807) is 13.2 Å². The summed E-state index contributed by atoms with van der Waals surface area (Å²) in [6, 6.07) is 12.2. The summed E-state index contributed by atoms with van der Waals surface area (Å²) in [6.07, 6.45) is 0. The number of nitrogens with zero attached hydrogens (tertiary/aromatic N) is 2. The van der Waals surface area contributed by atoms with Crippen molar-refractivity contribution in [3.05, 3.63) is 70.3 Å². The summed E-state index contributed by atoms with van der Waals surface area (Å²) in [6.45, 7) is 4.49. The Hall–Kier alpha value is -2.64. The van der Waals surface area contributed by atoms with Gasteiger partial charge in [-0.2, -0.15) is 5.10 Å². The van der Waals surface area contributed by atoms with Crippen molar-refractivity contribution in [2.75, 3.05) is 17.7 Å². The molecule has 0 aliphatic carbocycles. The number of aromatic nitrogens is 2. The number of aryl methyl sites for hydroxylation is 1. The average Bonchev–Trinajstić information content (AvgIpc) is 2.92. The van der Waals surface area contributed by atoms with Gasteiger partial charge in [-0.1, -0.05) is 23.7 Å². The highest BCUT2D eigenvalue weighted by Gasteiger charge is 2.14. The van der Waals surface area contributed by atoms with Gasteiger partial charge in [-0.15, -0.1) is 0 Å². The maximum Gasteiger partial charge on any atom is 0.175 e. The molecule has 0 aliphatic heterocycles. The molecule has 8 heteroatoms. The van der Waals surface area contributed by atoms with E-state index in [0.717, 1.165) is 28.4 Å². The van der Waals surface area contributed by atoms with E-state index in [-0.39, 0.29) is 5.02 Å². The van der Waals surface area contributed by atoms with Crippen LogP contribution in [0, 0.1) is 19.7 Å². The van der Waals surface area contributed by atoms with Gasteiger partial charge in [-0.25, -0.2) is 4.39 Å². The number of methoxy groups -OCH3 is 1. The molecule has 0 spiro atoms. The normalized spacial score (nSPS) is 10.6. The first-order chi connectivity index (χ1) is 13.4. The topological polar surface area (TPSA) is 51.1 Å². The van der Waals surface area contributed by atoms with Crippen molar-refractivity contribution in [2.45, 2.75) is 20.4 Å². The first-order valence-electron chi connectivity index (χ1n) is 8.57. The Morgan fingerprint density at radius 1 is 1.21 bits per heavy atom. The molecule has 0 bridgehead atoms. The first kappa shape index (κ1) is 20.1. The molecule has 3 aromatic rings. The highest BCUT2D eigenvalue weighted by Crippen LogP contribution is 2.23. The van der Waals surface area contributed by atoms with E-state index in [9.17, 15) is 4.39 Å². The number of nitrogens with one attached hydrogen (secondary N) is 2. The van der Waals surface area contributed by atoms with Crippen LogP contribution in [-0.2, 0) is 6.54 Å². The van der Waals surface area contributed by atoms with Crippen molar-refractivity contribution in [1.82, 2.24) is 9.78 Å². The minimum absolute atomic E-state index is 0.0336. The van der Waals surface area contributed by atoms with Crippen LogP contribution >= 0.6 is 23.8 Å². The zero-order valence-electron chi connectivity index (χ0n) is 15.7.